The van der Waals surface area contributed by atoms with Crippen molar-refractivity contribution in [1.82, 2.24) is 0 Å². The SMILES string of the molecule is Cc1cc(N)c([O-])c(C(=O)O)c1.Cc1cc(N)c([O-])c(C(=O)O)c1.[Na+].[Na+]. The summed E-state index contributed by atoms with van der Waals surface area (Å²) in [6, 6.07) is 5.52. The van der Waals surface area contributed by atoms with Gasteiger partial charge in [-0.25, -0.2) is 9.59 Å². The molecule has 2 rings (SSSR count). The molecule has 0 saturated heterocycles. The summed E-state index contributed by atoms with van der Waals surface area (Å²) in [5, 5.41) is 39.2. The van der Waals surface area contributed by atoms with Crippen LogP contribution < -0.4 is 80.8 Å². The normalized spacial score (nSPS) is 9.00. The summed E-state index contributed by atoms with van der Waals surface area (Å²) in [4.78, 5) is 20.9. The number of hydrogen-bond donors (Lipinski definition) is 4. The van der Waals surface area contributed by atoms with E-state index in [0.717, 1.165) is 0 Å². The van der Waals surface area contributed by atoms with Crippen LogP contribution in [0.2, 0.25) is 0 Å². The number of aromatic carboxylic acids is 2. The van der Waals surface area contributed by atoms with Crippen LogP contribution in [0, 0.1) is 13.8 Å². The van der Waals surface area contributed by atoms with Gasteiger partial charge < -0.3 is 31.9 Å². The molecule has 128 valence electrons. The minimum Gasteiger partial charge on any atom is -0.870 e. The van der Waals surface area contributed by atoms with Crippen LogP contribution in [-0.4, -0.2) is 22.2 Å². The van der Waals surface area contributed by atoms with Gasteiger partial charge in [0.15, 0.2) is 0 Å². The molecular weight excluding hydrogens is 362 g/mol. The Kier molecular flexibility index (Phi) is 11.7. The van der Waals surface area contributed by atoms with Gasteiger partial charge in [0, 0.05) is 11.4 Å². The van der Waals surface area contributed by atoms with Gasteiger partial charge >= 0.3 is 71.1 Å². The summed E-state index contributed by atoms with van der Waals surface area (Å²) in [6.45, 7) is 3.37. The number of rotatable bonds is 2. The second kappa shape index (κ2) is 11.3. The molecule has 6 N–H and O–H groups in total. The number of carboxylic acids is 2. The summed E-state index contributed by atoms with van der Waals surface area (Å²) in [6.07, 6.45) is 0. The second-order valence-corrected chi connectivity index (χ2v) is 5.07. The minimum atomic E-state index is -1.24. The molecule has 0 atom stereocenters. The fraction of sp³-hybridized carbons (Fsp3) is 0.125. The van der Waals surface area contributed by atoms with E-state index in [1.807, 2.05) is 0 Å². The van der Waals surface area contributed by atoms with Crippen molar-refractivity contribution >= 4 is 23.3 Å². The molecular formula is C16H16N2Na2O6. The molecule has 0 spiro atoms. The first-order chi connectivity index (χ1) is 11.0. The van der Waals surface area contributed by atoms with Crippen LogP contribution in [0.1, 0.15) is 31.8 Å². The largest absolute Gasteiger partial charge is 1.00 e. The van der Waals surface area contributed by atoms with Crippen molar-refractivity contribution in [3.63, 3.8) is 0 Å². The van der Waals surface area contributed by atoms with Gasteiger partial charge in [-0.3, -0.25) is 0 Å². The fourth-order valence-corrected chi connectivity index (χ4v) is 1.92. The topological polar surface area (TPSA) is 173 Å². The molecule has 0 fully saturated rings. The van der Waals surface area contributed by atoms with Crippen LogP contribution in [0.15, 0.2) is 24.3 Å². The van der Waals surface area contributed by atoms with Crippen LogP contribution in [0.25, 0.3) is 0 Å². The Labute approximate surface area is 194 Å². The van der Waals surface area contributed by atoms with E-state index in [9.17, 15) is 19.8 Å². The van der Waals surface area contributed by atoms with Crippen LogP contribution in [0.3, 0.4) is 0 Å². The molecule has 0 bridgehead atoms. The van der Waals surface area contributed by atoms with Gasteiger partial charge in [-0.15, -0.1) is 0 Å². The van der Waals surface area contributed by atoms with E-state index in [1.165, 1.54) is 24.3 Å². The summed E-state index contributed by atoms with van der Waals surface area (Å²) < 4.78 is 0. The van der Waals surface area contributed by atoms with Crippen molar-refractivity contribution in [2.75, 3.05) is 11.5 Å². The smallest absolute Gasteiger partial charge is 0.870 e. The number of nitrogens with two attached hydrogens (primary N) is 2. The van der Waals surface area contributed by atoms with E-state index in [1.54, 1.807) is 13.8 Å². The zero-order valence-corrected chi connectivity index (χ0v) is 19.0. The van der Waals surface area contributed by atoms with Gasteiger partial charge in [0.1, 0.15) is 0 Å². The maximum atomic E-state index is 11.1. The average Bonchev–Trinajstić information content (AvgIpc) is 2.46. The molecule has 0 aliphatic carbocycles. The monoisotopic (exact) mass is 378 g/mol. The molecule has 0 aromatic heterocycles. The van der Waals surface area contributed by atoms with Gasteiger partial charge in [0.25, 0.3) is 0 Å². The van der Waals surface area contributed by atoms with Crippen molar-refractivity contribution in [3.05, 3.63) is 46.5 Å². The van der Waals surface area contributed by atoms with Crippen LogP contribution in [0.4, 0.5) is 11.4 Å². The van der Waals surface area contributed by atoms with Crippen molar-refractivity contribution in [2.24, 2.45) is 0 Å². The molecule has 0 heterocycles. The number of carbonyl (C=O) groups is 2. The maximum Gasteiger partial charge on any atom is 1.00 e. The predicted molar refractivity (Wildman–Crippen MR) is 84.0 cm³/mol. The molecule has 0 aliphatic heterocycles. The second-order valence-electron chi connectivity index (χ2n) is 5.07. The van der Waals surface area contributed by atoms with E-state index in [4.69, 9.17) is 21.7 Å². The standard InChI is InChI=1S/2C8H9NO3.2Na/c2*1-4-2-5(8(11)12)7(10)6(9)3-4;;/h2*2-3,10H,9H2,1H3,(H,11,12);;/q;;2*+1/p-2. The molecule has 2 aromatic carbocycles. The molecule has 0 radical (unpaired) electrons. The third kappa shape index (κ3) is 7.06. The van der Waals surface area contributed by atoms with E-state index in [0.29, 0.717) is 11.1 Å². The van der Waals surface area contributed by atoms with E-state index in [-0.39, 0.29) is 81.6 Å². The van der Waals surface area contributed by atoms with Gasteiger partial charge in [-0.2, -0.15) is 0 Å². The van der Waals surface area contributed by atoms with E-state index >= 15 is 0 Å². The fourth-order valence-electron chi connectivity index (χ4n) is 1.92. The Bertz CT molecular complexity index is 744. The molecule has 0 unspecified atom stereocenters. The first-order valence-electron chi connectivity index (χ1n) is 6.65. The Morgan fingerprint density at radius 3 is 1.27 bits per heavy atom. The van der Waals surface area contributed by atoms with Gasteiger partial charge in [-0.1, -0.05) is 11.5 Å². The number of carboxylic acid groups (broad SMARTS) is 2. The van der Waals surface area contributed by atoms with Crippen LogP contribution in [-0.2, 0) is 0 Å². The van der Waals surface area contributed by atoms with E-state index < -0.39 is 23.4 Å². The summed E-state index contributed by atoms with van der Waals surface area (Å²) in [5.41, 5.74) is 11.3. The van der Waals surface area contributed by atoms with Gasteiger partial charge in [-0.05, 0) is 49.2 Å². The number of anilines is 2. The summed E-state index contributed by atoms with van der Waals surface area (Å²) >= 11 is 0. The van der Waals surface area contributed by atoms with Crippen LogP contribution in [0.5, 0.6) is 11.5 Å². The average molecular weight is 378 g/mol. The van der Waals surface area contributed by atoms with Crippen molar-refractivity contribution < 1.29 is 89.1 Å². The maximum absolute atomic E-state index is 11.1. The number of hydrogen-bond acceptors (Lipinski definition) is 6. The number of nitrogen functional groups attached to an aromatic ring is 2. The number of aryl methyl sites for hydroxylation is 2. The summed E-state index contributed by atoms with van der Waals surface area (Å²) in [5.74, 6) is -3.72. The molecule has 10 heteroatoms. The third-order valence-corrected chi connectivity index (χ3v) is 2.98. The Hall–Kier alpha value is -1.42. The third-order valence-electron chi connectivity index (χ3n) is 2.98. The van der Waals surface area contributed by atoms with Gasteiger partial charge in [0.05, 0.1) is 11.1 Å². The molecule has 0 amide bonds. The van der Waals surface area contributed by atoms with Gasteiger partial charge in [0.2, 0.25) is 0 Å². The molecule has 8 nitrogen and oxygen atoms in total. The van der Waals surface area contributed by atoms with Crippen molar-refractivity contribution in [1.29, 1.82) is 0 Å². The quantitative estimate of drug-likeness (QED) is 0.296. The molecule has 2 aromatic rings. The summed E-state index contributed by atoms with van der Waals surface area (Å²) in [7, 11) is 0. The first-order valence-corrected chi connectivity index (χ1v) is 6.65. The molecule has 26 heavy (non-hydrogen) atoms. The Morgan fingerprint density at radius 1 is 0.769 bits per heavy atom. The van der Waals surface area contributed by atoms with Crippen LogP contribution >= 0.6 is 0 Å². The van der Waals surface area contributed by atoms with Crippen molar-refractivity contribution in [3.8, 4) is 11.5 Å². The first kappa shape index (κ1) is 26.8. The van der Waals surface area contributed by atoms with Crippen molar-refractivity contribution in [2.45, 2.75) is 13.8 Å². The molecule has 0 saturated carbocycles. The predicted octanol–water partition coefficient (Wildman–Crippen LogP) is -5.29. The zero-order chi connectivity index (χ0) is 18.6. The molecule has 0 aliphatic rings. The Balaban J connectivity index is 0. The zero-order valence-electron chi connectivity index (χ0n) is 15.0. The van der Waals surface area contributed by atoms with E-state index in [2.05, 4.69) is 0 Å². The Morgan fingerprint density at radius 2 is 1.04 bits per heavy atom. The number of benzene rings is 2. The minimum absolute atomic E-state index is 0.